The van der Waals surface area contributed by atoms with Crippen LogP contribution in [0.25, 0.3) is 10.2 Å². The van der Waals surface area contributed by atoms with E-state index >= 15 is 0 Å². The normalized spacial score (nSPS) is 11.5. The van der Waals surface area contributed by atoms with Crippen molar-refractivity contribution in [1.82, 2.24) is 9.97 Å². The van der Waals surface area contributed by atoms with Crippen molar-refractivity contribution in [2.24, 2.45) is 0 Å². The Hall–Kier alpha value is -2.81. The monoisotopic (exact) mass is 457 g/mol. The van der Waals surface area contributed by atoms with Gasteiger partial charge in [0, 0.05) is 29.2 Å². The fourth-order valence-corrected chi connectivity index (χ4v) is 4.74. The molecule has 2 aromatic heterocycles. The van der Waals surface area contributed by atoms with Gasteiger partial charge in [0.2, 0.25) is 0 Å². The lowest BCUT2D eigenvalue weighted by atomic mass is 10.2. The highest BCUT2D eigenvalue weighted by molar-refractivity contribution is 7.90. The summed E-state index contributed by atoms with van der Waals surface area (Å²) < 4.78 is 24.5. The summed E-state index contributed by atoms with van der Waals surface area (Å²) in [7, 11) is -3.34. The third kappa shape index (κ3) is 4.35. The van der Waals surface area contributed by atoms with Crippen LogP contribution in [0.1, 0.15) is 15.9 Å². The van der Waals surface area contributed by atoms with Crippen molar-refractivity contribution < 1.29 is 13.2 Å². The molecule has 4 rings (SSSR count). The lowest BCUT2D eigenvalue weighted by molar-refractivity contribution is 0.0985. The molecule has 0 spiro atoms. The van der Waals surface area contributed by atoms with E-state index in [2.05, 4.69) is 9.97 Å². The Balaban J connectivity index is 1.78. The van der Waals surface area contributed by atoms with Gasteiger partial charge in [-0.3, -0.25) is 14.7 Å². The van der Waals surface area contributed by atoms with Crippen molar-refractivity contribution in [3.05, 3.63) is 83.1 Å². The average Bonchev–Trinajstić information content (AvgIpc) is 3.15. The molecule has 0 aliphatic heterocycles. The number of sulfone groups is 1. The number of benzene rings is 2. The summed E-state index contributed by atoms with van der Waals surface area (Å²) in [6.07, 6.45) is 4.52. The van der Waals surface area contributed by atoms with Gasteiger partial charge in [-0.1, -0.05) is 29.0 Å². The van der Waals surface area contributed by atoms with E-state index in [0.29, 0.717) is 25.9 Å². The van der Waals surface area contributed by atoms with E-state index in [-0.39, 0.29) is 17.3 Å². The predicted octanol–water partition coefficient (Wildman–Crippen LogP) is 4.60. The number of hydrogen-bond acceptors (Lipinski definition) is 6. The predicted molar refractivity (Wildman–Crippen MR) is 119 cm³/mol. The van der Waals surface area contributed by atoms with Crippen LogP contribution in [-0.2, 0) is 16.4 Å². The van der Waals surface area contributed by atoms with E-state index in [1.807, 2.05) is 6.07 Å². The minimum absolute atomic E-state index is 0.216. The van der Waals surface area contributed by atoms with Crippen LogP contribution in [-0.4, -0.2) is 30.5 Å². The Bertz CT molecular complexity index is 1320. The van der Waals surface area contributed by atoms with Crippen molar-refractivity contribution in [2.45, 2.75) is 11.4 Å². The van der Waals surface area contributed by atoms with Crippen LogP contribution < -0.4 is 4.90 Å². The molecule has 30 heavy (non-hydrogen) atoms. The summed E-state index contributed by atoms with van der Waals surface area (Å²) in [6, 6.07) is 15.1. The minimum Gasteiger partial charge on any atom is -0.279 e. The molecule has 0 atom stereocenters. The highest BCUT2D eigenvalue weighted by Gasteiger charge is 2.22. The first-order chi connectivity index (χ1) is 14.3. The van der Waals surface area contributed by atoms with E-state index in [0.717, 1.165) is 11.8 Å². The fourth-order valence-electron chi connectivity index (χ4n) is 2.89. The maximum atomic E-state index is 13.3. The number of thiazole rings is 1. The topological polar surface area (TPSA) is 80.2 Å². The van der Waals surface area contributed by atoms with Crippen LogP contribution in [0.5, 0.6) is 0 Å². The summed E-state index contributed by atoms with van der Waals surface area (Å²) >= 11 is 7.22. The van der Waals surface area contributed by atoms with E-state index < -0.39 is 9.84 Å². The number of rotatable bonds is 5. The average molecular weight is 458 g/mol. The summed E-state index contributed by atoms with van der Waals surface area (Å²) in [5, 5.41) is 1.01. The Morgan fingerprint density at radius 1 is 1.13 bits per heavy atom. The van der Waals surface area contributed by atoms with Gasteiger partial charge in [-0.2, -0.15) is 0 Å². The van der Waals surface area contributed by atoms with Gasteiger partial charge >= 0.3 is 0 Å². The maximum Gasteiger partial charge on any atom is 0.260 e. The summed E-state index contributed by atoms with van der Waals surface area (Å²) in [4.78, 5) is 23.8. The molecule has 152 valence electrons. The lowest BCUT2D eigenvalue weighted by Gasteiger charge is -2.20. The summed E-state index contributed by atoms with van der Waals surface area (Å²) in [5.41, 5.74) is 1.94. The molecule has 0 N–H and O–H groups in total. The van der Waals surface area contributed by atoms with E-state index in [1.54, 1.807) is 59.8 Å². The molecule has 0 radical (unpaired) electrons. The first kappa shape index (κ1) is 20.5. The third-order valence-corrected chi connectivity index (χ3v) is 6.81. The van der Waals surface area contributed by atoms with Gasteiger partial charge in [0.25, 0.3) is 5.91 Å². The second kappa shape index (κ2) is 8.14. The molecule has 0 fully saturated rings. The first-order valence-corrected chi connectivity index (χ1v) is 12.0. The van der Waals surface area contributed by atoms with Gasteiger partial charge in [-0.05, 0) is 54.1 Å². The Morgan fingerprint density at radius 2 is 1.90 bits per heavy atom. The van der Waals surface area contributed by atoms with Gasteiger partial charge in [0.05, 0.1) is 21.7 Å². The molecule has 0 bridgehead atoms. The molecule has 2 heterocycles. The van der Waals surface area contributed by atoms with Crippen LogP contribution in [0.15, 0.2) is 71.9 Å². The van der Waals surface area contributed by atoms with Crippen LogP contribution in [0.4, 0.5) is 5.13 Å². The number of hydrogen-bond donors (Lipinski definition) is 0. The fraction of sp³-hybridized carbons (Fsp3) is 0.0952. The zero-order valence-electron chi connectivity index (χ0n) is 15.8. The maximum absolute atomic E-state index is 13.3. The van der Waals surface area contributed by atoms with Crippen LogP contribution in [0.2, 0.25) is 5.02 Å². The Labute approximate surface area is 182 Å². The molecule has 1 amide bonds. The number of amides is 1. The molecule has 9 heteroatoms. The zero-order chi connectivity index (χ0) is 21.3. The Morgan fingerprint density at radius 3 is 2.57 bits per heavy atom. The van der Waals surface area contributed by atoms with E-state index in [4.69, 9.17) is 11.6 Å². The second-order valence-corrected chi connectivity index (χ2v) is 10.1. The number of aromatic nitrogens is 2. The second-order valence-electron chi connectivity index (χ2n) is 6.66. The minimum atomic E-state index is -3.34. The largest absolute Gasteiger partial charge is 0.279 e. The standard InChI is InChI=1S/C21H16ClN3O3S2/c1-30(27,28)17-8-9-18-19(11-17)29-21(24-18)25(13-14-3-2-10-23-12-14)20(26)15-4-6-16(22)7-5-15/h2-12H,13H2,1H3. The van der Waals surface area contributed by atoms with Crippen molar-refractivity contribution in [2.75, 3.05) is 11.2 Å². The number of anilines is 1. The molecule has 2 aromatic carbocycles. The number of halogens is 1. The van der Waals surface area contributed by atoms with E-state index in [9.17, 15) is 13.2 Å². The number of fused-ring (bicyclic) bond motifs is 1. The van der Waals surface area contributed by atoms with E-state index in [1.165, 1.54) is 17.4 Å². The van der Waals surface area contributed by atoms with Gasteiger partial charge < -0.3 is 0 Å². The van der Waals surface area contributed by atoms with Crippen molar-refractivity contribution in [1.29, 1.82) is 0 Å². The number of nitrogens with zero attached hydrogens (tertiary/aromatic N) is 3. The molecule has 6 nitrogen and oxygen atoms in total. The third-order valence-electron chi connectivity index (χ3n) is 4.41. The quantitative estimate of drug-likeness (QED) is 0.437. The Kier molecular flexibility index (Phi) is 5.55. The summed E-state index contributed by atoms with van der Waals surface area (Å²) in [5.74, 6) is -0.238. The van der Waals surface area contributed by atoms with Gasteiger partial charge in [-0.25, -0.2) is 13.4 Å². The number of carbonyl (C=O) groups excluding carboxylic acids is 1. The molecular weight excluding hydrogens is 442 g/mol. The molecule has 0 saturated carbocycles. The molecule has 0 aliphatic rings. The smallest absolute Gasteiger partial charge is 0.260 e. The zero-order valence-corrected chi connectivity index (χ0v) is 18.2. The van der Waals surface area contributed by atoms with Gasteiger partial charge in [0.1, 0.15) is 0 Å². The van der Waals surface area contributed by atoms with Crippen molar-refractivity contribution >= 4 is 54.0 Å². The molecule has 0 aliphatic carbocycles. The van der Waals surface area contributed by atoms with Crippen molar-refractivity contribution in [3.63, 3.8) is 0 Å². The van der Waals surface area contributed by atoms with Crippen LogP contribution >= 0.6 is 22.9 Å². The molecule has 0 saturated heterocycles. The van der Waals surface area contributed by atoms with Crippen LogP contribution in [0.3, 0.4) is 0 Å². The summed E-state index contributed by atoms with van der Waals surface area (Å²) in [6.45, 7) is 0.272. The van der Waals surface area contributed by atoms with Crippen molar-refractivity contribution in [3.8, 4) is 0 Å². The highest BCUT2D eigenvalue weighted by Crippen LogP contribution is 2.32. The van der Waals surface area contributed by atoms with Gasteiger partial charge in [0.15, 0.2) is 15.0 Å². The molecule has 0 unspecified atom stereocenters. The number of pyridine rings is 1. The molecule has 4 aromatic rings. The highest BCUT2D eigenvalue weighted by atomic mass is 35.5. The lowest BCUT2D eigenvalue weighted by Crippen LogP contribution is -2.30. The van der Waals surface area contributed by atoms with Crippen LogP contribution in [0, 0.1) is 0 Å². The number of carbonyl (C=O) groups is 1. The first-order valence-electron chi connectivity index (χ1n) is 8.88. The molecular formula is C21H16ClN3O3S2. The van der Waals surface area contributed by atoms with Gasteiger partial charge in [-0.15, -0.1) is 0 Å². The SMILES string of the molecule is CS(=O)(=O)c1ccc2nc(N(Cc3cccnc3)C(=O)c3ccc(Cl)cc3)sc2c1.